The highest BCUT2D eigenvalue weighted by Gasteiger charge is 2.19. The lowest BCUT2D eigenvalue weighted by atomic mass is 10.0. The van der Waals surface area contributed by atoms with E-state index in [-0.39, 0.29) is 0 Å². The summed E-state index contributed by atoms with van der Waals surface area (Å²) in [4.78, 5) is 2.55. The Labute approximate surface area is 100 Å². The number of likely N-dealkylation sites (tertiary alicyclic amines) is 1. The molecule has 1 saturated heterocycles. The molecule has 1 aliphatic rings. The maximum atomic E-state index is 9.87. The highest BCUT2D eigenvalue weighted by Crippen LogP contribution is 2.12. The van der Waals surface area contributed by atoms with Crippen LogP contribution < -0.4 is 5.32 Å². The van der Waals surface area contributed by atoms with Gasteiger partial charge in [0.25, 0.3) is 0 Å². The molecule has 3 heteroatoms. The number of rotatable bonds is 6. The van der Waals surface area contributed by atoms with Crippen molar-refractivity contribution in [3.8, 4) is 0 Å². The molecular formula is C13H28N2O. The minimum Gasteiger partial charge on any atom is -0.389 e. The first-order chi connectivity index (χ1) is 7.55. The summed E-state index contributed by atoms with van der Waals surface area (Å²) < 4.78 is 0. The Kier molecular flexibility index (Phi) is 5.73. The van der Waals surface area contributed by atoms with Gasteiger partial charge in [-0.2, -0.15) is 0 Å². The lowest BCUT2D eigenvalue weighted by molar-refractivity contribution is 0.0532. The SMILES string of the molecule is CCC(C)(O)CNCC(C)N1CCCCC1. The van der Waals surface area contributed by atoms with Crippen LogP contribution in [0.5, 0.6) is 0 Å². The summed E-state index contributed by atoms with van der Waals surface area (Å²) >= 11 is 0. The van der Waals surface area contributed by atoms with Gasteiger partial charge < -0.3 is 10.4 Å². The van der Waals surface area contributed by atoms with Crippen molar-refractivity contribution < 1.29 is 5.11 Å². The van der Waals surface area contributed by atoms with Gasteiger partial charge >= 0.3 is 0 Å². The van der Waals surface area contributed by atoms with E-state index < -0.39 is 5.60 Å². The molecule has 2 unspecified atom stereocenters. The van der Waals surface area contributed by atoms with Crippen molar-refractivity contribution in [3.63, 3.8) is 0 Å². The van der Waals surface area contributed by atoms with Crippen LogP contribution in [-0.4, -0.2) is 47.8 Å². The molecule has 0 aromatic rings. The fourth-order valence-electron chi connectivity index (χ4n) is 2.16. The normalized spacial score (nSPS) is 24.0. The monoisotopic (exact) mass is 228 g/mol. The molecule has 1 fully saturated rings. The van der Waals surface area contributed by atoms with Crippen LogP contribution in [0.4, 0.5) is 0 Å². The molecule has 0 bridgehead atoms. The van der Waals surface area contributed by atoms with E-state index in [4.69, 9.17) is 0 Å². The summed E-state index contributed by atoms with van der Waals surface area (Å²) in [6.07, 6.45) is 4.88. The average Bonchev–Trinajstić information content (AvgIpc) is 2.30. The third-order valence-corrected chi connectivity index (χ3v) is 3.72. The molecule has 1 rings (SSSR count). The Bertz CT molecular complexity index is 188. The molecule has 0 amide bonds. The number of nitrogens with one attached hydrogen (secondary N) is 1. The van der Waals surface area contributed by atoms with Crippen molar-refractivity contribution in [1.82, 2.24) is 10.2 Å². The topological polar surface area (TPSA) is 35.5 Å². The van der Waals surface area contributed by atoms with Gasteiger partial charge in [0, 0.05) is 19.1 Å². The molecule has 0 saturated carbocycles. The molecule has 0 aliphatic carbocycles. The van der Waals surface area contributed by atoms with E-state index in [1.807, 2.05) is 13.8 Å². The summed E-state index contributed by atoms with van der Waals surface area (Å²) in [5.74, 6) is 0. The molecule has 96 valence electrons. The Morgan fingerprint density at radius 3 is 2.50 bits per heavy atom. The maximum absolute atomic E-state index is 9.87. The minimum absolute atomic E-state index is 0.554. The highest BCUT2D eigenvalue weighted by atomic mass is 16.3. The zero-order chi connectivity index (χ0) is 12.0. The number of hydrogen-bond donors (Lipinski definition) is 2. The highest BCUT2D eigenvalue weighted by molar-refractivity contribution is 4.77. The fraction of sp³-hybridized carbons (Fsp3) is 1.00. The van der Waals surface area contributed by atoms with Crippen LogP contribution >= 0.6 is 0 Å². The average molecular weight is 228 g/mol. The predicted molar refractivity (Wildman–Crippen MR) is 68.7 cm³/mol. The van der Waals surface area contributed by atoms with Crippen LogP contribution in [0.25, 0.3) is 0 Å². The fourth-order valence-corrected chi connectivity index (χ4v) is 2.16. The zero-order valence-electron chi connectivity index (χ0n) is 11.1. The van der Waals surface area contributed by atoms with Gasteiger partial charge in [-0.3, -0.25) is 4.90 Å². The molecule has 16 heavy (non-hydrogen) atoms. The lowest BCUT2D eigenvalue weighted by Gasteiger charge is -2.33. The Hall–Kier alpha value is -0.120. The van der Waals surface area contributed by atoms with Crippen LogP contribution in [0, 0.1) is 0 Å². The van der Waals surface area contributed by atoms with E-state index >= 15 is 0 Å². The molecule has 3 nitrogen and oxygen atoms in total. The molecular weight excluding hydrogens is 200 g/mol. The second-order valence-corrected chi connectivity index (χ2v) is 5.43. The van der Waals surface area contributed by atoms with E-state index in [1.54, 1.807) is 0 Å². The van der Waals surface area contributed by atoms with E-state index in [0.29, 0.717) is 12.6 Å². The Balaban J connectivity index is 2.16. The number of piperidine rings is 1. The second kappa shape index (κ2) is 6.58. The first-order valence-electron chi connectivity index (χ1n) is 6.72. The van der Waals surface area contributed by atoms with Crippen LogP contribution in [0.1, 0.15) is 46.5 Å². The van der Waals surface area contributed by atoms with E-state index in [1.165, 1.54) is 32.4 Å². The van der Waals surface area contributed by atoms with Crippen molar-refractivity contribution in [1.29, 1.82) is 0 Å². The van der Waals surface area contributed by atoms with Gasteiger partial charge in [-0.25, -0.2) is 0 Å². The molecule has 0 aromatic heterocycles. The standard InChI is InChI=1S/C13H28N2O/c1-4-13(3,16)11-14-10-12(2)15-8-6-5-7-9-15/h12,14,16H,4-11H2,1-3H3. The first-order valence-corrected chi connectivity index (χ1v) is 6.72. The Morgan fingerprint density at radius 2 is 1.94 bits per heavy atom. The molecule has 2 atom stereocenters. The van der Waals surface area contributed by atoms with Crippen molar-refractivity contribution >= 4 is 0 Å². The summed E-state index contributed by atoms with van der Waals surface area (Å²) in [5, 5.41) is 13.3. The molecule has 1 heterocycles. The third-order valence-electron chi connectivity index (χ3n) is 3.72. The van der Waals surface area contributed by atoms with Crippen LogP contribution in [0.15, 0.2) is 0 Å². The number of nitrogens with zero attached hydrogens (tertiary/aromatic N) is 1. The van der Waals surface area contributed by atoms with Gasteiger partial charge in [0.05, 0.1) is 5.60 Å². The van der Waals surface area contributed by atoms with Gasteiger partial charge in [-0.1, -0.05) is 13.3 Å². The van der Waals surface area contributed by atoms with Crippen molar-refractivity contribution in [3.05, 3.63) is 0 Å². The minimum atomic E-state index is -0.554. The number of hydrogen-bond acceptors (Lipinski definition) is 3. The summed E-state index contributed by atoms with van der Waals surface area (Å²) in [6.45, 7) is 10.4. The molecule has 0 radical (unpaired) electrons. The Morgan fingerprint density at radius 1 is 1.31 bits per heavy atom. The second-order valence-electron chi connectivity index (χ2n) is 5.43. The summed E-state index contributed by atoms with van der Waals surface area (Å²) in [6, 6.07) is 0.591. The summed E-state index contributed by atoms with van der Waals surface area (Å²) in [5.41, 5.74) is -0.554. The van der Waals surface area contributed by atoms with E-state index in [9.17, 15) is 5.11 Å². The zero-order valence-corrected chi connectivity index (χ0v) is 11.1. The molecule has 2 N–H and O–H groups in total. The van der Waals surface area contributed by atoms with Crippen molar-refractivity contribution in [2.45, 2.75) is 58.1 Å². The molecule has 1 aliphatic heterocycles. The largest absolute Gasteiger partial charge is 0.389 e. The van der Waals surface area contributed by atoms with Gasteiger partial charge in [-0.15, -0.1) is 0 Å². The van der Waals surface area contributed by atoms with E-state index in [0.717, 1.165) is 13.0 Å². The van der Waals surface area contributed by atoms with Gasteiger partial charge in [0.1, 0.15) is 0 Å². The van der Waals surface area contributed by atoms with Crippen molar-refractivity contribution in [2.24, 2.45) is 0 Å². The van der Waals surface area contributed by atoms with Crippen molar-refractivity contribution in [2.75, 3.05) is 26.2 Å². The van der Waals surface area contributed by atoms with Crippen LogP contribution in [0.2, 0.25) is 0 Å². The lowest BCUT2D eigenvalue weighted by Crippen LogP contribution is -2.46. The van der Waals surface area contributed by atoms with Gasteiger partial charge in [0.2, 0.25) is 0 Å². The third kappa shape index (κ3) is 4.81. The number of aliphatic hydroxyl groups is 1. The molecule has 0 aromatic carbocycles. The quantitative estimate of drug-likeness (QED) is 0.725. The van der Waals surface area contributed by atoms with E-state index in [2.05, 4.69) is 17.1 Å². The predicted octanol–water partition coefficient (Wildman–Crippen LogP) is 1.61. The molecule has 0 spiro atoms. The van der Waals surface area contributed by atoms with Gasteiger partial charge in [0.15, 0.2) is 0 Å². The van der Waals surface area contributed by atoms with Crippen LogP contribution in [0.3, 0.4) is 0 Å². The van der Waals surface area contributed by atoms with Gasteiger partial charge in [-0.05, 0) is 46.2 Å². The first kappa shape index (κ1) is 13.9. The maximum Gasteiger partial charge on any atom is 0.0741 e. The van der Waals surface area contributed by atoms with Crippen LogP contribution in [-0.2, 0) is 0 Å². The summed E-state index contributed by atoms with van der Waals surface area (Å²) in [7, 11) is 0. The smallest absolute Gasteiger partial charge is 0.0741 e.